The third-order valence-corrected chi connectivity index (χ3v) is 6.40. The molecule has 0 aliphatic carbocycles. The van der Waals surface area contributed by atoms with E-state index in [1.54, 1.807) is 18.2 Å². The zero-order valence-electron chi connectivity index (χ0n) is 17.3. The van der Waals surface area contributed by atoms with Gasteiger partial charge in [-0.25, -0.2) is 17.2 Å². The van der Waals surface area contributed by atoms with Crippen LogP contribution in [-0.4, -0.2) is 33.0 Å². The summed E-state index contributed by atoms with van der Waals surface area (Å²) in [6.45, 7) is 7.69. The van der Waals surface area contributed by atoms with E-state index in [1.807, 2.05) is 27.7 Å². The van der Waals surface area contributed by atoms with Crippen LogP contribution in [0.15, 0.2) is 36.4 Å². The lowest BCUT2D eigenvalue weighted by atomic mass is 9.74. The van der Waals surface area contributed by atoms with Crippen LogP contribution >= 0.6 is 0 Å². The lowest BCUT2D eigenvalue weighted by molar-refractivity contribution is 0.00578. The fourth-order valence-corrected chi connectivity index (χ4v) is 4.04. The second-order valence-corrected chi connectivity index (χ2v) is 10.7. The van der Waals surface area contributed by atoms with E-state index in [0.29, 0.717) is 16.6 Å². The third kappa shape index (κ3) is 4.87. The Hall–Kier alpha value is -1.77. The third-order valence-electron chi connectivity index (χ3n) is 5.54. The predicted octanol–water partition coefficient (Wildman–Crippen LogP) is 3.40. The van der Waals surface area contributed by atoms with Crippen LogP contribution in [0, 0.1) is 11.6 Å². The van der Waals surface area contributed by atoms with Gasteiger partial charge in [-0.2, -0.15) is 0 Å². The zero-order chi connectivity index (χ0) is 21.6. The van der Waals surface area contributed by atoms with Crippen molar-refractivity contribution in [3.63, 3.8) is 0 Å². The van der Waals surface area contributed by atoms with Gasteiger partial charge >= 0.3 is 7.12 Å². The maximum absolute atomic E-state index is 14.2. The second-order valence-electron chi connectivity index (χ2n) is 8.60. The summed E-state index contributed by atoms with van der Waals surface area (Å²) in [4.78, 5) is 0. The minimum Gasteiger partial charge on any atom is -0.399 e. The molecule has 8 heteroatoms. The smallest absolute Gasteiger partial charge is 0.399 e. The van der Waals surface area contributed by atoms with Crippen molar-refractivity contribution in [1.29, 1.82) is 0 Å². The summed E-state index contributed by atoms with van der Waals surface area (Å²) in [5, 5.41) is 0. The Bertz CT molecular complexity index is 1020. The molecule has 0 bridgehead atoms. The molecule has 3 rings (SSSR count). The standard InChI is InChI=1S/C21H25BF2O4S/c1-20(2)21(3,4)28-22(27-20)18-10-14(13-29(5,25)26)6-7-15(18)11-16-8-9-17(23)12-19(16)24/h6-10,12H,11,13H2,1-5H3. The first-order chi connectivity index (χ1) is 13.3. The molecule has 0 saturated carbocycles. The second kappa shape index (κ2) is 7.49. The van der Waals surface area contributed by atoms with Gasteiger partial charge in [0.1, 0.15) is 11.6 Å². The summed E-state index contributed by atoms with van der Waals surface area (Å²) in [5.74, 6) is -1.39. The van der Waals surface area contributed by atoms with Gasteiger partial charge in [-0.15, -0.1) is 0 Å². The highest BCUT2D eigenvalue weighted by Gasteiger charge is 2.52. The van der Waals surface area contributed by atoms with Gasteiger partial charge in [0.15, 0.2) is 9.84 Å². The Labute approximate surface area is 171 Å². The Morgan fingerprint density at radius 1 is 0.931 bits per heavy atom. The molecule has 2 aromatic carbocycles. The molecule has 4 nitrogen and oxygen atoms in total. The van der Waals surface area contributed by atoms with Crippen molar-refractivity contribution in [2.75, 3.05) is 6.26 Å². The fourth-order valence-electron chi connectivity index (χ4n) is 3.26. The van der Waals surface area contributed by atoms with Crippen molar-refractivity contribution in [2.45, 2.75) is 51.1 Å². The number of hydrogen-bond donors (Lipinski definition) is 0. The summed E-state index contributed by atoms with van der Waals surface area (Å²) in [6, 6.07) is 8.66. The Morgan fingerprint density at radius 3 is 2.07 bits per heavy atom. The van der Waals surface area contributed by atoms with Crippen LogP contribution < -0.4 is 5.46 Å². The fraction of sp³-hybridized carbons (Fsp3) is 0.429. The van der Waals surface area contributed by atoms with E-state index in [0.717, 1.165) is 11.6 Å². The van der Waals surface area contributed by atoms with Crippen molar-refractivity contribution in [3.8, 4) is 0 Å². The van der Waals surface area contributed by atoms with Crippen molar-refractivity contribution in [1.82, 2.24) is 0 Å². The highest BCUT2D eigenvalue weighted by Crippen LogP contribution is 2.37. The van der Waals surface area contributed by atoms with Crippen molar-refractivity contribution >= 4 is 22.4 Å². The Balaban J connectivity index is 2.04. The molecule has 0 unspecified atom stereocenters. The van der Waals surface area contributed by atoms with E-state index < -0.39 is 39.8 Å². The molecule has 0 atom stereocenters. The molecule has 0 spiro atoms. The molecule has 0 amide bonds. The van der Waals surface area contributed by atoms with Crippen LogP contribution in [0.3, 0.4) is 0 Å². The molecule has 2 aromatic rings. The molecule has 0 radical (unpaired) electrons. The number of benzene rings is 2. The van der Waals surface area contributed by atoms with Gasteiger partial charge in [0.25, 0.3) is 0 Å². The van der Waals surface area contributed by atoms with E-state index >= 15 is 0 Å². The molecular formula is C21H25BF2O4S. The van der Waals surface area contributed by atoms with E-state index in [4.69, 9.17) is 9.31 Å². The van der Waals surface area contributed by atoms with Crippen molar-refractivity contribution < 1.29 is 26.5 Å². The van der Waals surface area contributed by atoms with Crippen LogP contribution in [0.4, 0.5) is 8.78 Å². The number of rotatable bonds is 5. The van der Waals surface area contributed by atoms with Gasteiger partial charge in [-0.05, 0) is 62.3 Å². The van der Waals surface area contributed by atoms with Gasteiger partial charge in [-0.1, -0.05) is 24.3 Å². The lowest BCUT2D eigenvalue weighted by Gasteiger charge is -2.32. The topological polar surface area (TPSA) is 52.6 Å². The van der Waals surface area contributed by atoms with E-state index in [2.05, 4.69) is 0 Å². The predicted molar refractivity (Wildman–Crippen MR) is 110 cm³/mol. The highest BCUT2D eigenvalue weighted by molar-refractivity contribution is 7.89. The van der Waals surface area contributed by atoms with Gasteiger partial charge < -0.3 is 9.31 Å². The zero-order valence-corrected chi connectivity index (χ0v) is 18.1. The summed E-state index contributed by atoms with van der Waals surface area (Å²) in [5.41, 5.74) is 1.14. The Morgan fingerprint density at radius 2 is 1.52 bits per heavy atom. The van der Waals surface area contributed by atoms with Gasteiger partial charge in [0, 0.05) is 12.3 Å². The quantitative estimate of drug-likeness (QED) is 0.694. The molecule has 1 fully saturated rings. The molecule has 1 saturated heterocycles. The molecule has 29 heavy (non-hydrogen) atoms. The molecule has 1 aliphatic heterocycles. The van der Waals surface area contributed by atoms with Crippen LogP contribution in [-0.2, 0) is 31.3 Å². The molecule has 1 heterocycles. The normalized spacial score (nSPS) is 18.2. The van der Waals surface area contributed by atoms with E-state index in [1.165, 1.54) is 18.4 Å². The minimum absolute atomic E-state index is 0.120. The van der Waals surface area contributed by atoms with Gasteiger partial charge in [0.05, 0.1) is 17.0 Å². The Kier molecular flexibility index (Phi) is 5.66. The summed E-state index contributed by atoms with van der Waals surface area (Å²) >= 11 is 0. The van der Waals surface area contributed by atoms with E-state index in [9.17, 15) is 17.2 Å². The molecule has 0 N–H and O–H groups in total. The van der Waals surface area contributed by atoms with E-state index in [-0.39, 0.29) is 12.2 Å². The summed E-state index contributed by atoms with van der Waals surface area (Å²) in [7, 11) is -3.95. The number of halogens is 2. The molecular weight excluding hydrogens is 397 g/mol. The number of hydrogen-bond acceptors (Lipinski definition) is 4. The maximum atomic E-state index is 14.2. The minimum atomic E-state index is -3.23. The first-order valence-electron chi connectivity index (χ1n) is 9.36. The lowest BCUT2D eigenvalue weighted by Crippen LogP contribution is -2.41. The summed E-state index contributed by atoms with van der Waals surface area (Å²) in [6.07, 6.45) is 1.37. The van der Waals surface area contributed by atoms with Gasteiger partial charge in [-0.3, -0.25) is 0 Å². The van der Waals surface area contributed by atoms with Crippen LogP contribution in [0.1, 0.15) is 44.4 Å². The maximum Gasteiger partial charge on any atom is 0.495 e. The van der Waals surface area contributed by atoms with Crippen molar-refractivity contribution in [2.24, 2.45) is 0 Å². The molecule has 0 aromatic heterocycles. The van der Waals surface area contributed by atoms with Gasteiger partial charge in [0.2, 0.25) is 0 Å². The SMILES string of the molecule is CC1(C)OB(c2cc(CS(C)(=O)=O)ccc2Cc2ccc(F)cc2F)OC1(C)C. The summed E-state index contributed by atoms with van der Waals surface area (Å²) < 4.78 is 63.2. The average molecular weight is 422 g/mol. The van der Waals surface area contributed by atoms with Crippen molar-refractivity contribution in [3.05, 3.63) is 64.7 Å². The van der Waals surface area contributed by atoms with Crippen LogP contribution in [0.5, 0.6) is 0 Å². The van der Waals surface area contributed by atoms with Crippen LogP contribution in [0.25, 0.3) is 0 Å². The average Bonchev–Trinajstić information content (AvgIpc) is 2.77. The number of sulfone groups is 1. The monoisotopic (exact) mass is 422 g/mol. The molecule has 156 valence electrons. The first kappa shape index (κ1) is 21.9. The molecule has 1 aliphatic rings. The first-order valence-corrected chi connectivity index (χ1v) is 11.4. The highest BCUT2D eigenvalue weighted by atomic mass is 32.2. The van der Waals surface area contributed by atoms with Crippen LogP contribution in [0.2, 0.25) is 0 Å². The largest absolute Gasteiger partial charge is 0.495 e.